The van der Waals surface area contributed by atoms with Crippen LogP contribution in [0.2, 0.25) is 0 Å². The van der Waals surface area contributed by atoms with Crippen LogP contribution in [-0.4, -0.2) is 54.8 Å². The molecule has 10 heteroatoms. The molecule has 0 unspecified atom stereocenters. The van der Waals surface area contributed by atoms with Gasteiger partial charge in [-0.25, -0.2) is 19.7 Å². The molecule has 2 aromatic heterocycles. The number of methoxy groups -OCH3 is 1. The van der Waals surface area contributed by atoms with E-state index < -0.39 is 6.09 Å². The van der Waals surface area contributed by atoms with Crippen molar-refractivity contribution in [3.8, 4) is 6.07 Å². The number of fused-ring (bicyclic) bond motifs is 1. The zero-order valence-electron chi connectivity index (χ0n) is 15.8. The first kappa shape index (κ1) is 19.3. The lowest BCUT2D eigenvalue weighted by Gasteiger charge is -2.27. The average Bonchev–Trinajstić information content (AvgIpc) is 2.73. The first-order chi connectivity index (χ1) is 13.7. The van der Waals surface area contributed by atoms with E-state index in [2.05, 4.69) is 37.0 Å². The van der Waals surface area contributed by atoms with Crippen molar-refractivity contribution in [1.82, 2.24) is 20.3 Å². The highest BCUT2D eigenvalue weighted by atomic mass is 16.5. The fourth-order valence-electron chi connectivity index (χ4n) is 2.91. The largest absolute Gasteiger partial charge is 0.452 e. The van der Waals surface area contributed by atoms with E-state index in [1.165, 1.54) is 12.0 Å². The summed E-state index contributed by atoms with van der Waals surface area (Å²) in [6, 6.07) is 3.87. The summed E-state index contributed by atoms with van der Waals surface area (Å²) in [5.74, 6) is 0.401. The molecule has 0 aliphatic carbocycles. The first-order valence-corrected chi connectivity index (χ1v) is 8.93. The zero-order valence-corrected chi connectivity index (χ0v) is 15.8. The molecule has 1 aliphatic rings. The third kappa shape index (κ3) is 4.27. The molecule has 1 aliphatic heterocycles. The van der Waals surface area contributed by atoms with Crippen molar-refractivity contribution in [1.29, 1.82) is 5.26 Å². The predicted octanol–water partition coefficient (Wildman–Crippen LogP) is 1.64. The van der Waals surface area contributed by atoms with Gasteiger partial charge in [-0.2, -0.15) is 5.26 Å². The van der Waals surface area contributed by atoms with Gasteiger partial charge in [-0.15, -0.1) is 0 Å². The van der Waals surface area contributed by atoms with Gasteiger partial charge in [0.15, 0.2) is 5.69 Å². The Bertz CT molecular complexity index is 896. The molecule has 0 atom stereocenters. The fourth-order valence-corrected chi connectivity index (χ4v) is 2.91. The highest BCUT2D eigenvalue weighted by Gasteiger charge is 2.25. The van der Waals surface area contributed by atoms with Crippen LogP contribution < -0.4 is 20.9 Å². The number of aromatic nitrogens is 3. The number of likely N-dealkylation sites (N-methyl/N-ethyl adjacent to an activating group) is 1. The van der Waals surface area contributed by atoms with Crippen molar-refractivity contribution in [2.75, 3.05) is 49.3 Å². The van der Waals surface area contributed by atoms with E-state index in [1.807, 2.05) is 7.05 Å². The van der Waals surface area contributed by atoms with Gasteiger partial charge in [-0.1, -0.05) is 0 Å². The Morgan fingerprint density at radius 2 is 2.21 bits per heavy atom. The molecule has 1 amide bonds. The second kappa shape index (κ2) is 8.96. The van der Waals surface area contributed by atoms with Gasteiger partial charge in [0.1, 0.15) is 6.07 Å². The Balaban J connectivity index is 1.80. The number of hydrogen-bond acceptors (Lipinski definition) is 9. The van der Waals surface area contributed by atoms with Crippen LogP contribution in [0.1, 0.15) is 17.8 Å². The van der Waals surface area contributed by atoms with E-state index in [-0.39, 0.29) is 0 Å². The number of anilines is 4. The minimum absolute atomic E-state index is 0.321. The lowest BCUT2D eigenvalue weighted by molar-refractivity contribution is 0.178. The predicted molar refractivity (Wildman–Crippen MR) is 105 cm³/mol. The van der Waals surface area contributed by atoms with Crippen LogP contribution in [0.15, 0.2) is 18.5 Å². The van der Waals surface area contributed by atoms with Gasteiger partial charge in [0.2, 0.25) is 5.95 Å². The maximum absolute atomic E-state index is 11.9. The minimum Gasteiger partial charge on any atom is -0.452 e. The number of nitriles is 1. The average molecular weight is 382 g/mol. The molecule has 0 aromatic carbocycles. The Hall–Kier alpha value is -3.45. The van der Waals surface area contributed by atoms with Gasteiger partial charge in [0, 0.05) is 19.6 Å². The van der Waals surface area contributed by atoms with Crippen LogP contribution in [0.25, 0.3) is 0 Å². The molecule has 2 aromatic rings. The number of rotatable bonds is 6. The van der Waals surface area contributed by atoms with Crippen LogP contribution in [0.3, 0.4) is 0 Å². The molecule has 3 rings (SSSR count). The third-order valence-electron chi connectivity index (χ3n) is 4.27. The number of amides is 1. The maximum atomic E-state index is 11.9. The number of ether oxygens (including phenoxy) is 1. The van der Waals surface area contributed by atoms with E-state index in [1.54, 1.807) is 18.5 Å². The number of nitrogens with zero attached hydrogens (tertiary/aromatic N) is 5. The van der Waals surface area contributed by atoms with E-state index in [0.29, 0.717) is 41.8 Å². The van der Waals surface area contributed by atoms with Crippen LogP contribution >= 0.6 is 0 Å². The van der Waals surface area contributed by atoms with Gasteiger partial charge in [0.05, 0.1) is 42.3 Å². The minimum atomic E-state index is -0.418. The van der Waals surface area contributed by atoms with Crippen LogP contribution in [0.5, 0.6) is 0 Å². The first-order valence-electron chi connectivity index (χ1n) is 8.93. The summed E-state index contributed by atoms with van der Waals surface area (Å²) in [6.45, 7) is 2.00. The van der Waals surface area contributed by atoms with Crippen molar-refractivity contribution in [3.05, 3.63) is 29.8 Å². The SMILES string of the molecule is CNCCNc1cc(Nc2ncc3c(n2)CCCN3C(=O)OC)cnc1C#N. The number of carbonyl (C=O) groups is 1. The van der Waals surface area contributed by atoms with Crippen molar-refractivity contribution < 1.29 is 9.53 Å². The second-order valence-corrected chi connectivity index (χ2v) is 6.14. The molecule has 0 spiro atoms. The summed E-state index contributed by atoms with van der Waals surface area (Å²) in [5.41, 5.74) is 3.06. The maximum Gasteiger partial charge on any atom is 0.414 e. The van der Waals surface area contributed by atoms with Crippen LogP contribution in [0.4, 0.5) is 27.8 Å². The zero-order chi connectivity index (χ0) is 19.9. The summed E-state index contributed by atoms with van der Waals surface area (Å²) in [7, 11) is 3.21. The van der Waals surface area contributed by atoms with Gasteiger partial charge in [0.25, 0.3) is 0 Å². The molecule has 28 heavy (non-hydrogen) atoms. The summed E-state index contributed by atoms with van der Waals surface area (Å²) < 4.78 is 4.82. The van der Waals surface area contributed by atoms with Crippen molar-refractivity contribution in [2.24, 2.45) is 0 Å². The van der Waals surface area contributed by atoms with E-state index >= 15 is 0 Å². The summed E-state index contributed by atoms with van der Waals surface area (Å²) in [4.78, 5) is 26.4. The number of aryl methyl sites for hydroxylation is 1. The highest BCUT2D eigenvalue weighted by Crippen LogP contribution is 2.27. The summed E-state index contributed by atoms with van der Waals surface area (Å²) in [6.07, 6.45) is 4.31. The number of nitrogens with one attached hydrogen (secondary N) is 3. The lowest BCUT2D eigenvalue weighted by atomic mass is 10.1. The van der Waals surface area contributed by atoms with Gasteiger partial charge in [-0.05, 0) is 26.0 Å². The molecule has 0 saturated heterocycles. The van der Waals surface area contributed by atoms with Gasteiger partial charge >= 0.3 is 6.09 Å². The topological polar surface area (TPSA) is 128 Å². The second-order valence-electron chi connectivity index (χ2n) is 6.14. The standard InChI is InChI=1S/C18H22N8O2/c1-20-5-6-21-14-8-12(10-22-15(14)9-19)24-17-23-11-16-13(25-17)4-3-7-26(16)18(27)28-2/h8,10-11,20-21H,3-7H2,1-2H3,(H,23,24,25). The molecule has 3 heterocycles. The van der Waals surface area contributed by atoms with Crippen LogP contribution in [-0.2, 0) is 11.2 Å². The quantitative estimate of drug-likeness (QED) is 0.639. The Morgan fingerprint density at radius 1 is 1.36 bits per heavy atom. The molecule has 0 fully saturated rings. The normalized spacial score (nSPS) is 12.7. The van der Waals surface area contributed by atoms with Crippen molar-refractivity contribution >= 4 is 29.1 Å². The number of carbonyl (C=O) groups excluding carboxylic acids is 1. The van der Waals surface area contributed by atoms with E-state index in [4.69, 9.17) is 4.74 Å². The molecule has 0 radical (unpaired) electrons. The molecule has 0 saturated carbocycles. The van der Waals surface area contributed by atoms with E-state index in [9.17, 15) is 10.1 Å². The molecule has 0 bridgehead atoms. The highest BCUT2D eigenvalue weighted by molar-refractivity contribution is 5.88. The molecule has 3 N–H and O–H groups in total. The molecule has 10 nitrogen and oxygen atoms in total. The molecular formula is C18H22N8O2. The van der Waals surface area contributed by atoms with E-state index in [0.717, 1.165) is 25.1 Å². The Labute approximate surface area is 163 Å². The van der Waals surface area contributed by atoms with Gasteiger partial charge in [-0.3, -0.25) is 4.90 Å². The smallest absolute Gasteiger partial charge is 0.414 e. The monoisotopic (exact) mass is 382 g/mol. The number of hydrogen-bond donors (Lipinski definition) is 3. The summed E-state index contributed by atoms with van der Waals surface area (Å²) in [5, 5.41) is 18.5. The molecular weight excluding hydrogens is 360 g/mol. The summed E-state index contributed by atoms with van der Waals surface area (Å²) >= 11 is 0. The molecule has 146 valence electrons. The van der Waals surface area contributed by atoms with Crippen molar-refractivity contribution in [2.45, 2.75) is 12.8 Å². The lowest BCUT2D eigenvalue weighted by Crippen LogP contribution is -2.35. The Kier molecular flexibility index (Phi) is 6.18. The number of pyridine rings is 1. The van der Waals surface area contributed by atoms with Crippen LogP contribution in [0, 0.1) is 11.3 Å². The van der Waals surface area contributed by atoms with Crippen molar-refractivity contribution in [3.63, 3.8) is 0 Å². The third-order valence-corrected chi connectivity index (χ3v) is 4.27. The van der Waals surface area contributed by atoms with Gasteiger partial charge < -0.3 is 20.7 Å². The Morgan fingerprint density at radius 3 is 2.96 bits per heavy atom. The fraction of sp³-hybridized carbons (Fsp3) is 0.389.